The molecule has 0 bridgehead atoms. The molecule has 2 heterocycles. The van der Waals surface area contributed by atoms with Gasteiger partial charge in [0.25, 0.3) is 0 Å². The number of rotatable bonds is 8. The smallest absolute Gasteiger partial charge is 0.331 e. The number of imidazole rings is 1. The van der Waals surface area contributed by atoms with Crippen molar-refractivity contribution in [2.45, 2.75) is 52.1 Å². The van der Waals surface area contributed by atoms with Crippen molar-refractivity contribution in [1.29, 1.82) is 0 Å². The number of fused-ring (bicyclic) bond motifs is 1. The normalized spacial score (nSPS) is 12.4. The third-order valence-corrected chi connectivity index (χ3v) is 5.35. The van der Waals surface area contributed by atoms with Crippen LogP contribution in [0.4, 0.5) is 0 Å². The second kappa shape index (κ2) is 9.01. The number of primary amides is 1. The zero-order chi connectivity index (χ0) is 21.1. The summed E-state index contributed by atoms with van der Waals surface area (Å²) in [7, 11) is 0. The van der Waals surface area contributed by atoms with Crippen LogP contribution >= 0.6 is 23.2 Å². The summed E-state index contributed by atoms with van der Waals surface area (Å²) in [4.78, 5) is 29.8. The minimum Gasteiger partial charge on any atom is -0.368 e. The maximum atomic E-state index is 13.2. The first-order valence-electron chi connectivity index (χ1n) is 9.73. The van der Waals surface area contributed by atoms with Crippen LogP contribution in [0.1, 0.15) is 45.6 Å². The molecule has 0 radical (unpaired) electrons. The van der Waals surface area contributed by atoms with E-state index >= 15 is 0 Å². The van der Waals surface area contributed by atoms with Crippen LogP contribution in [0.25, 0.3) is 22.3 Å². The summed E-state index contributed by atoms with van der Waals surface area (Å²) in [6.07, 6.45) is 4.63. The Hall–Kier alpha value is -2.31. The number of halogens is 2. The second-order valence-corrected chi connectivity index (χ2v) is 7.96. The first-order valence-corrected chi connectivity index (χ1v) is 10.5. The molecule has 29 heavy (non-hydrogen) atoms. The highest BCUT2D eigenvalue weighted by Gasteiger charge is 2.25. The van der Waals surface area contributed by atoms with Crippen LogP contribution in [-0.2, 0) is 11.3 Å². The van der Waals surface area contributed by atoms with Gasteiger partial charge in [-0.15, -0.1) is 0 Å². The summed E-state index contributed by atoms with van der Waals surface area (Å²) < 4.78 is 3.09. The molecule has 0 saturated heterocycles. The predicted octanol–water partition coefficient (Wildman–Crippen LogP) is 4.80. The summed E-state index contributed by atoms with van der Waals surface area (Å²) >= 11 is 12.3. The Bertz CT molecular complexity index is 1080. The van der Waals surface area contributed by atoms with Gasteiger partial charge in [0.15, 0.2) is 5.65 Å². The number of carbonyl (C=O) groups is 1. The molecule has 0 saturated carbocycles. The molecular formula is C21H24Cl2N4O2. The summed E-state index contributed by atoms with van der Waals surface area (Å²) in [6.45, 7) is 4.54. The van der Waals surface area contributed by atoms with Gasteiger partial charge in [-0.3, -0.25) is 13.9 Å². The van der Waals surface area contributed by atoms with Crippen molar-refractivity contribution in [3.63, 3.8) is 0 Å². The molecule has 2 aromatic heterocycles. The zero-order valence-electron chi connectivity index (χ0n) is 16.5. The first kappa shape index (κ1) is 21.4. The van der Waals surface area contributed by atoms with Crippen LogP contribution in [0.3, 0.4) is 0 Å². The minimum atomic E-state index is -0.720. The molecule has 3 aromatic rings. The van der Waals surface area contributed by atoms with Gasteiger partial charge in [-0.05, 0) is 42.7 Å². The number of aryl methyl sites for hydroxylation is 1. The Kier molecular flexibility index (Phi) is 6.65. The van der Waals surface area contributed by atoms with Gasteiger partial charge in [0.05, 0.1) is 5.52 Å². The quantitative estimate of drug-likeness (QED) is 0.552. The second-order valence-electron chi connectivity index (χ2n) is 7.09. The molecule has 1 amide bonds. The van der Waals surface area contributed by atoms with E-state index in [-0.39, 0.29) is 5.69 Å². The van der Waals surface area contributed by atoms with E-state index < -0.39 is 11.9 Å². The summed E-state index contributed by atoms with van der Waals surface area (Å²) in [5.74, 6) is -0.524. The molecule has 0 aliphatic carbocycles. The molecule has 0 aliphatic heterocycles. The summed E-state index contributed by atoms with van der Waals surface area (Å²) in [5.41, 5.74) is 8.08. The molecule has 8 heteroatoms. The number of amides is 1. The van der Waals surface area contributed by atoms with E-state index in [1.54, 1.807) is 29.0 Å². The largest absolute Gasteiger partial charge is 0.368 e. The number of carbonyl (C=O) groups excluding carboxylic acids is 1. The first-order chi connectivity index (χ1) is 13.9. The highest BCUT2D eigenvalue weighted by molar-refractivity contribution is 6.35. The third kappa shape index (κ3) is 4.33. The molecule has 0 spiro atoms. The van der Waals surface area contributed by atoms with E-state index in [0.29, 0.717) is 34.2 Å². The van der Waals surface area contributed by atoms with Crippen molar-refractivity contribution in [2.24, 2.45) is 5.73 Å². The van der Waals surface area contributed by atoms with E-state index in [4.69, 9.17) is 28.9 Å². The summed E-state index contributed by atoms with van der Waals surface area (Å²) in [5, 5.41) is 1.04. The average Bonchev–Trinajstić information content (AvgIpc) is 2.93. The van der Waals surface area contributed by atoms with E-state index in [0.717, 1.165) is 30.4 Å². The van der Waals surface area contributed by atoms with E-state index in [9.17, 15) is 9.59 Å². The standard InChI is InChI=1S/C21H24Cl2N4O2/c1-3-5-6-17(19(24)28)27-20-18(26(7-4-2)21(27)29)10-14(12-25-20)13-8-15(22)11-16(23)9-13/h8-12,17H,3-7H2,1-2H3,(H2,24,28). The molecule has 1 aromatic carbocycles. The summed E-state index contributed by atoms with van der Waals surface area (Å²) in [6, 6.07) is 6.41. The lowest BCUT2D eigenvalue weighted by Gasteiger charge is -2.14. The molecule has 1 atom stereocenters. The van der Waals surface area contributed by atoms with Crippen molar-refractivity contribution in [1.82, 2.24) is 14.1 Å². The highest BCUT2D eigenvalue weighted by atomic mass is 35.5. The number of pyridine rings is 1. The van der Waals surface area contributed by atoms with Crippen LogP contribution in [0.2, 0.25) is 10.0 Å². The van der Waals surface area contributed by atoms with Crippen LogP contribution < -0.4 is 11.4 Å². The van der Waals surface area contributed by atoms with Crippen molar-refractivity contribution in [3.05, 3.63) is 51.0 Å². The fraction of sp³-hybridized carbons (Fsp3) is 0.381. The third-order valence-electron chi connectivity index (χ3n) is 4.92. The fourth-order valence-corrected chi connectivity index (χ4v) is 4.07. The van der Waals surface area contributed by atoms with Crippen molar-refractivity contribution >= 4 is 40.3 Å². The molecule has 1 unspecified atom stereocenters. The molecule has 2 N–H and O–H groups in total. The number of hydrogen-bond acceptors (Lipinski definition) is 3. The lowest BCUT2D eigenvalue weighted by molar-refractivity contribution is -0.121. The molecule has 6 nitrogen and oxygen atoms in total. The number of unbranched alkanes of at least 4 members (excludes halogenated alkanes) is 1. The maximum absolute atomic E-state index is 13.2. The molecule has 3 rings (SSSR count). The van der Waals surface area contributed by atoms with E-state index in [1.165, 1.54) is 4.57 Å². The van der Waals surface area contributed by atoms with Gasteiger partial charge >= 0.3 is 5.69 Å². The van der Waals surface area contributed by atoms with Gasteiger partial charge in [-0.1, -0.05) is 49.9 Å². The number of benzene rings is 1. The van der Waals surface area contributed by atoms with Crippen LogP contribution in [0.5, 0.6) is 0 Å². The number of nitrogens with zero attached hydrogens (tertiary/aromatic N) is 3. The van der Waals surface area contributed by atoms with Crippen LogP contribution in [0.15, 0.2) is 35.3 Å². The van der Waals surface area contributed by atoms with Gasteiger partial charge in [0, 0.05) is 28.4 Å². The SMILES string of the molecule is CCCCC(C(N)=O)n1c(=O)n(CCC)c2cc(-c3cc(Cl)cc(Cl)c3)cnc21. The Morgan fingerprint density at radius 1 is 1.10 bits per heavy atom. The lowest BCUT2D eigenvalue weighted by Crippen LogP contribution is -2.35. The average molecular weight is 435 g/mol. The number of nitrogens with two attached hydrogens (primary N) is 1. The van der Waals surface area contributed by atoms with Crippen LogP contribution in [-0.4, -0.2) is 20.0 Å². The zero-order valence-corrected chi connectivity index (χ0v) is 18.0. The van der Waals surface area contributed by atoms with E-state index in [1.807, 2.05) is 19.9 Å². The topological polar surface area (TPSA) is 82.9 Å². The minimum absolute atomic E-state index is 0.268. The van der Waals surface area contributed by atoms with E-state index in [2.05, 4.69) is 4.98 Å². The van der Waals surface area contributed by atoms with Crippen molar-refractivity contribution in [3.8, 4) is 11.1 Å². The monoisotopic (exact) mass is 434 g/mol. The van der Waals surface area contributed by atoms with Gasteiger partial charge in [-0.25, -0.2) is 9.78 Å². The molecule has 0 aliphatic rings. The van der Waals surface area contributed by atoms with Gasteiger partial charge in [0.1, 0.15) is 6.04 Å². The van der Waals surface area contributed by atoms with Gasteiger partial charge in [-0.2, -0.15) is 0 Å². The van der Waals surface area contributed by atoms with Crippen molar-refractivity contribution < 1.29 is 4.79 Å². The fourth-order valence-electron chi connectivity index (χ4n) is 3.55. The van der Waals surface area contributed by atoms with Crippen LogP contribution in [0, 0.1) is 0 Å². The Balaban J connectivity index is 2.23. The van der Waals surface area contributed by atoms with Gasteiger partial charge in [0.2, 0.25) is 5.91 Å². The van der Waals surface area contributed by atoms with Gasteiger partial charge < -0.3 is 5.73 Å². The van der Waals surface area contributed by atoms with Crippen molar-refractivity contribution in [2.75, 3.05) is 0 Å². The molecule has 154 valence electrons. The molecular weight excluding hydrogens is 411 g/mol. The maximum Gasteiger partial charge on any atom is 0.331 e. The molecule has 0 fully saturated rings. The number of aromatic nitrogens is 3. The lowest BCUT2D eigenvalue weighted by atomic mass is 10.1. The predicted molar refractivity (Wildman–Crippen MR) is 117 cm³/mol. The Morgan fingerprint density at radius 3 is 2.38 bits per heavy atom. The number of hydrogen-bond donors (Lipinski definition) is 1. The highest BCUT2D eigenvalue weighted by Crippen LogP contribution is 2.29. The Labute approximate surface area is 179 Å². The Morgan fingerprint density at radius 2 is 1.79 bits per heavy atom.